The fraction of sp³-hybridized carbons (Fsp3) is 0.750. The molecule has 0 bridgehead atoms. The Morgan fingerprint density at radius 3 is 2.69 bits per heavy atom. The molecule has 0 aromatic rings. The highest BCUT2D eigenvalue weighted by atomic mass is 16.7. The van der Waals surface area contributed by atoms with E-state index in [4.69, 9.17) is 14.6 Å². The summed E-state index contributed by atoms with van der Waals surface area (Å²) in [5, 5.41) is 27.7. The van der Waals surface area contributed by atoms with Crippen molar-refractivity contribution in [2.45, 2.75) is 24.6 Å². The molecule has 0 aromatic heterocycles. The maximum Gasteiger partial charge on any atom is 0.186 e. The molecular weight excluding hydrogens is 176 g/mol. The highest BCUT2D eigenvalue weighted by molar-refractivity contribution is 4.83. The van der Waals surface area contributed by atoms with Gasteiger partial charge in [0.15, 0.2) is 6.29 Å². The minimum atomic E-state index is -1.22. The lowest BCUT2D eigenvalue weighted by molar-refractivity contribution is -0.266. The average molecular weight is 190 g/mol. The van der Waals surface area contributed by atoms with E-state index in [0.717, 1.165) is 0 Å². The molecule has 4 atom stereocenters. The van der Waals surface area contributed by atoms with Gasteiger partial charge in [-0.1, -0.05) is 6.08 Å². The molecule has 3 N–H and O–H groups in total. The number of ether oxygens (including phenoxy) is 2. The number of aliphatic hydroxyl groups is 3. The van der Waals surface area contributed by atoms with Gasteiger partial charge in [-0.15, -0.1) is 6.58 Å². The van der Waals surface area contributed by atoms with Crippen LogP contribution in [0.2, 0.25) is 0 Å². The Kier molecular flexibility index (Phi) is 3.83. The van der Waals surface area contributed by atoms with Crippen molar-refractivity contribution in [2.75, 3.05) is 13.2 Å². The van der Waals surface area contributed by atoms with Gasteiger partial charge in [-0.25, -0.2) is 0 Å². The summed E-state index contributed by atoms with van der Waals surface area (Å²) >= 11 is 0. The minimum absolute atomic E-state index is 0.0416. The molecule has 1 heterocycles. The molecule has 1 rings (SSSR count). The third-order valence-corrected chi connectivity index (χ3v) is 1.83. The quantitative estimate of drug-likeness (QED) is 0.478. The first-order valence-corrected chi connectivity index (χ1v) is 4.05. The molecule has 5 heteroatoms. The van der Waals surface area contributed by atoms with Crippen LogP contribution in [-0.2, 0) is 9.47 Å². The molecule has 0 spiro atoms. The van der Waals surface area contributed by atoms with Crippen LogP contribution < -0.4 is 0 Å². The van der Waals surface area contributed by atoms with Crippen LogP contribution in [0.3, 0.4) is 0 Å². The first-order chi connectivity index (χ1) is 6.16. The second-order valence-electron chi connectivity index (χ2n) is 2.87. The molecule has 0 radical (unpaired) electrons. The zero-order valence-electron chi connectivity index (χ0n) is 7.17. The van der Waals surface area contributed by atoms with Crippen LogP contribution in [0, 0.1) is 0 Å². The molecule has 76 valence electrons. The van der Waals surface area contributed by atoms with Gasteiger partial charge in [-0.3, -0.25) is 0 Å². The molecule has 1 aliphatic rings. The summed E-state index contributed by atoms with van der Waals surface area (Å²) in [5.74, 6) is 0. The van der Waals surface area contributed by atoms with Crippen LogP contribution in [0.15, 0.2) is 12.7 Å². The molecule has 0 amide bonds. The Bertz CT molecular complexity index is 172. The zero-order chi connectivity index (χ0) is 9.84. The molecule has 1 fully saturated rings. The lowest BCUT2D eigenvalue weighted by atomic mass is 10.1. The minimum Gasteiger partial charge on any atom is -0.388 e. The predicted octanol–water partition coefficient (Wildman–Crippen LogP) is -1.37. The number of rotatable bonds is 3. The van der Waals surface area contributed by atoms with Crippen LogP contribution in [-0.4, -0.2) is 53.1 Å². The second kappa shape index (κ2) is 4.69. The second-order valence-corrected chi connectivity index (χ2v) is 2.87. The van der Waals surface area contributed by atoms with E-state index >= 15 is 0 Å². The number of aliphatic hydroxyl groups excluding tert-OH is 3. The van der Waals surface area contributed by atoms with E-state index in [-0.39, 0.29) is 13.2 Å². The van der Waals surface area contributed by atoms with E-state index < -0.39 is 24.6 Å². The first kappa shape index (κ1) is 10.6. The van der Waals surface area contributed by atoms with Crippen LogP contribution in [0.5, 0.6) is 0 Å². The molecule has 1 unspecified atom stereocenters. The van der Waals surface area contributed by atoms with Gasteiger partial charge in [-0.2, -0.15) is 0 Å². The van der Waals surface area contributed by atoms with Crippen LogP contribution in [0.4, 0.5) is 0 Å². The molecule has 5 nitrogen and oxygen atoms in total. The van der Waals surface area contributed by atoms with Gasteiger partial charge in [-0.05, 0) is 0 Å². The van der Waals surface area contributed by atoms with Gasteiger partial charge in [0.25, 0.3) is 0 Å². The summed E-state index contributed by atoms with van der Waals surface area (Å²) in [6.45, 7) is 3.62. The standard InChI is InChI=1S/C8H14O5/c1-2-3-12-8-7(11)6(10)5(9)4-13-8/h2,5-11H,1,3-4H2/t5-,6+,7?,8-/m1/s1. The Hall–Kier alpha value is -0.460. The number of hydrogen-bond donors (Lipinski definition) is 3. The molecule has 0 aliphatic carbocycles. The van der Waals surface area contributed by atoms with Crippen LogP contribution in [0.1, 0.15) is 0 Å². The van der Waals surface area contributed by atoms with E-state index in [9.17, 15) is 10.2 Å². The van der Waals surface area contributed by atoms with Crippen molar-refractivity contribution in [2.24, 2.45) is 0 Å². The molecular formula is C8H14O5. The predicted molar refractivity (Wildman–Crippen MR) is 43.9 cm³/mol. The smallest absolute Gasteiger partial charge is 0.186 e. The van der Waals surface area contributed by atoms with Gasteiger partial charge >= 0.3 is 0 Å². The van der Waals surface area contributed by atoms with Crippen LogP contribution >= 0.6 is 0 Å². The topological polar surface area (TPSA) is 79.2 Å². The zero-order valence-corrected chi connectivity index (χ0v) is 7.17. The SMILES string of the molecule is C=CCO[C@@H]1OC[C@@H](O)[C@H](O)C1O. The average Bonchev–Trinajstić information content (AvgIpc) is 2.13. The van der Waals surface area contributed by atoms with Crippen molar-refractivity contribution in [3.8, 4) is 0 Å². The highest BCUT2D eigenvalue weighted by Crippen LogP contribution is 2.16. The van der Waals surface area contributed by atoms with Crippen molar-refractivity contribution in [3.05, 3.63) is 12.7 Å². The lowest BCUT2D eigenvalue weighted by Crippen LogP contribution is -2.53. The summed E-state index contributed by atoms with van der Waals surface area (Å²) in [5.41, 5.74) is 0. The largest absolute Gasteiger partial charge is 0.388 e. The Morgan fingerprint density at radius 1 is 1.38 bits per heavy atom. The van der Waals surface area contributed by atoms with E-state index in [2.05, 4.69) is 6.58 Å². The third kappa shape index (κ3) is 2.49. The Balaban J connectivity index is 2.43. The van der Waals surface area contributed by atoms with Gasteiger partial charge in [0, 0.05) is 0 Å². The Labute approximate surface area is 76.2 Å². The highest BCUT2D eigenvalue weighted by Gasteiger charge is 2.37. The lowest BCUT2D eigenvalue weighted by Gasteiger charge is -2.34. The summed E-state index contributed by atoms with van der Waals surface area (Å²) in [7, 11) is 0. The van der Waals surface area contributed by atoms with Crippen molar-refractivity contribution < 1.29 is 24.8 Å². The summed E-state index contributed by atoms with van der Waals surface area (Å²) in [6, 6.07) is 0. The fourth-order valence-corrected chi connectivity index (χ4v) is 1.09. The van der Waals surface area contributed by atoms with Gasteiger partial charge in [0.05, 0.1) is 13.2 Å². The molecule has 0 saturated carbocycles. The van der Waals surface area contributed by atoms with Crippen molar-refractivity contribution in [1.29, 1.82) is 0 Å². The van der Waals surface area contributed by atoms with E-state index in [1.807, 2.05) is 0 Å². The van der Waals surface area contributed by atoms with E-state index in [1.54, 1.807) is 0 Å². The normalized spacial score (nSPS) is 40.2. The maximum absolute atomic E-state index is 9.34. The summed E-state index contributed by atoms with van der Waals surface area (Å²) < 4.78 is 9.95. The summed E-state index contributed by atoms with van der Waals surface area (Å²) in [6.07, 6.45) is -2.88. The van der Waals surface area contributed by atoms with Gasteiger partial charge in [0.2, 0.25) is 0 Å². The maximum atomic E-state index is 9.34. The van der Waals surface area contributed by atoms with Gasteiger partial charge < -0.3 is 24.8 Å². The number of hydrogen-bond acceptors (Lipinski definition) is 5. The molecule has 0 aromatic carbocycles. The van der Waals surface area contributed by atoms with Crippen molar-refractivity contribution in [1.82, 2.24) is 0 Å². The van der Waals surface area contributed by atoms with Crippen LogP contribution in [0.25, 0.3) is 0 Å². The first-order valence-electron chi connectivity index (χ1n) is 4.05. The monoisotopic (exact) mass is 190 g/mol. The molecule has 13 heavy (non-hydrogen) atoms. The molecule has 1 saturated heterocycles. The molecule has 1 aliphatic heterocycles. The van der Waals surface area contributed by atoms with Crippen molar-refractivity contribution >= 4 is 0 Å². The third-order valence-electron chi connectivity index (χ3n) is 1.83. The fourth-order valence-electron chi connectivity index (χ4n) is 1.09. The van der Waals surface area contributed by atoms with E-state index in [1.165, 1.54) is 6.08 Å². The summed E-state index contributed by atoms with van der Waals surface area (Å²) in [4.78, 5) is 0. The van der Waals surface area contributed by atoms with Crippen molar-refractivity contribution in [3.63, 3.8) is 0 Å². The van der Waals surface area contributed by atoms with E-state index in [0.29, 0.717) is 0 Å². The Morgan fingerprint density at radius 2 is 2.08 bits per heavy atom. The van der Waals surface area contributed by atoms with Gasteiger partial charge in [0.1, 0.15) is 18.3 Å².